The zero-order valence-electron chi connectivity index (χ0n) is 32.5. The van der Waals surface area contributed by atoms with Crippen LogP contribution in [-0.4, -0.2) is 15.0 Å². The average Bonchev–Trinajstić information content (AvgIpc) is 3.85. The first-order valence-electron chi connectivity index (χ1n) is 20.4. The van der Waals surface area contributed by atoms with Crippen molar-refractivity contribution in [3.8, 4) is 56.4 Å². The van der Waals surface area contributed by atoms with E-state index in [0.717, 1.165) is 38.6 Å². The predicted octanol–water partition coefficient (Wildman–Crippen LogP) is 14.4. The number of fused-ring (bicyclic) bond motifs is 7. The minimum absolute atomic E-state index is 0.460. The molecule has 60 heavy (non-hydrogen) atoms. The van der Waals surface area contributed by atoms with Gasteiger partial charge in [0.2, 0.25) is 0 Å². The van der Waals surface area contributed by atoms with Gasteiger partial charge in [-0.2, -0.15) is 0 Å². The van der Waals surface area contributed by atoms with Crippen LogP contribution in [0.2, 0.25) is 0 Å². The number of hydrogen-bond donors (Lipinski definition) is 0. The highest BCUT2D eigenvalue weighted by Gasteiger charge is 2.46. The van der Waals surface area contributed by atoms with Crippen molar-refractivity contribution in [2.45, 2.75) is 5.41 Å². The standard InChI is InChI=1S/C56H35N3S/c1-4-18-37(19-5-1)53-57-54(38-20-6-2-7-21-38)59-55(58-53)52-41-24-11-10-17-36(41)31-33-45(52)44-27-16-30-49-51(44)46-34-32-40(35-50(46)60-49)56(39-22-8-3-9-23-39)47-28-14-12-25-42(47)43-26-13-15-29-48(43)56/h1-35H. The molecule has 9 aromatic carbocycles. The first kappa shape index (κ1) is 34.5. The molecule has 0 fully saturated rings. The van der Waals surface area contributed by atoms with E-state index >= 15 is 0 Å². The lowest BCUT2D eigenvalue weighted by Gasteiger charge is -2.33. The molecule has 11 aromatic rings. The van der Waals surface area contributed by atoms with E-state index in [2.05, 4.69) is 176 Å². The molecule has 0 unspecified atom stereocenters. The zero-order valence-corrected chi connectivity index (χ0v) is 33.3. The van der Waals surface area contributed by atoms with E-state index in [1.165, 1.54) is 53.6 Å². The van der Waals surface area contributed by atoms with Crippen LogP contribution in [0.5, 0.6) is 0 Å². The van der Waals surface area contributed by atoms with Gasteiger partial charge in [-0.3, -0.25) is 0 Å². The van der Waals surface area contributed by atoms with Crippen LogP contribution in [0, 0.1) is 0 Å². The molecular weight excluding hydrogens is 747 g/mol. The van der Waals surface area contributed by atoms with Crippen LogP contribution in [0.1, 0.15) is 22.3 Å². The van der Waals surface area contributed by atoms with Crippen molar-refractivity contribution in [3.63, 3.8) is 0 Å². The van der Waals surface area contributed by atoms with Gasteiger partial charge in [-0.15, -0.1) is 11.3 Å². The topological polar surface area (TPSA) is 38.7 Å². The van der Waals surface area contributed by atoms with Crippen LogP contribution in [0.25, 0.3) is 87.4 Å². The van der Waals surface area contributed by atoms with Gasteiger partial charge in [0.25, 0.3) is 0 Å². The molecule has 12 rings (SSSR count). The highest BCUT2D eigenvalue weighted by molar-refractivity contribution is 7.26. The summed E-state index contributed by atoms with van der Waals surface area (Å²) in [5.74, 6) is 1.94. The van der Waals surface area contributed by atoms with Crippen LogP contribution in [-0.2, 0) is 5.41 Å². The zero-order chi connectivity index (χ0) is 39.6. The van der Waals surface area contributed by atoms with Crippen molar-refractivity contribution in [1.29, 1.82) is 0 Å². The van der Waals surface area contributed by atoms with Crippen LogP contribution in [0.15, 0.2) is 212 Å². The third-order valence-corrected chi connectivity index (χ3v) is 13.3. The first-order chi connectivity index (χ1) is 29.8. The normalized spacial score (nSPS) is 12.8. The second kappa shape index (κ2) is 13.8. The number of hydrogen-bond acceptors (Lipinski definition) is 4. The van der Waals surface area contributed by atoms with Crippen molar-refractivity contribution >= 4 is 42.3 Å². The maximum Gasteiger partial charge on any atom is 0.165 e. The predicted molar refractivity (Wildman–Crippen MR) is 249 cm³/mol. The molecule has 0 bridgehead atoms. The SMILES string of the molecule is c1ccc(-c2nc(-c3ccccc3)nc(-c3c(-c4cccc5sc6cc(C7(c8ccccc8)c8ccccc8-c8ccccc87)ccc6c45)ccc4ccccc34)n2)cc1. The number of nitrogens with zero attached hydrogens (tertiary/aromatic N) is 3. The molecule has 4 heteroatoms. The van der Waals surface area contributed by atoms with E-state index in [-0.39, 0.29) is 0 Å². The molecule has 0 radical (unpaired) electrons. The van der Waals surface area contributed by atoms with Crippen LogP contribution in [0.3, 0.4) is 0 Å². The van der Waals surface area contributed by atoms with Gasteiger partial charge in [-0.05, 0) is 67.4 Å². The smallest absolute Gasteiger partial charge is 0.165 e. The van der Waals surface area contributed by atoms with E-state index in [9.17, 15) is 0 Å². The fourth-order valence-electron chi connectivity index (χ4n) is 9.65. The fourth-order valence-corrected chi connectivity index (χ4v) is 10.8. The molecule has 0 saturated heterocycles. The lowest BCUT2D eigenvalue weighted by molar-refractivity contribution is 0.770. The quantitative estimate of drug-likeness (QED) is 0.169. The van der Waals surface area contributed by atoms with Crippen molar-refractivity contribution in [1.82, 2.24) is 15.0 Å². The highest BCUT2D eigenvalue weighted by Crippen LogP contribution is 2.57. The van der Waals surface area contributed by atoms with Gasteiger partial charge in [0, 0.05) is 36.9 Å². The molecule has 2 aromatic heterocycles. The van der Waals surface area contributed by atoms with Gasteiger partial charge in [-0.1, -0.05) is 200 Å². The second-order valence-corrected chi connectivity index (χ2v) is 16.5. The van der Waals surface area contributed by atoms with E-state index in [1.807, 2.05) is 47.7 Å². The van der Waals surface area contributed by atoms with Gasteiger partial charge < -0.3 is 0 Å². The summed E-state index contributed by atoms with van der Waals surface area (Å²) < 4.78 is 2.50. The minimum Gasteiger partial charge on any atom is -0.208 e. The van der Waals surface area contributed by atoms with Crippen molar-refractivity contribution in [2.24, 2.45) is 0 Å². The van der Waals surface area contributed by atoms with Crippen molar-refractivity contribution in [2.75, 3.05) is 0 Å². The molecule has 0 spiro atoms. The summed E-state index contributed by atoms with van der Waals surface area (Å²) >= 11 is 1.86. The Morgan fingerprint density at radius 3 is 1.60 bits per heavy atom. The molecule has 1 aliphatic rings. The third kappa shape index (κ3) is 5.24. The maximum atomic E-state index is 5.28. The Bertz CT molecular complexity index is 3330. The van der Waals surface area contributed by atoms with E-state index in [0.29, 0.717) is 17.5 Å². The molecular formula is C56H35N3S. The highest BCUT2D eigenvalue weighted by atomic mass is 32.1. The molecule has 3 nitrogen and oxygen atoms in total. The fraction of sp³-hybridized carbons (Fsp3) is 0.0179. The Labute approximate surface area is 352 Å². The van der Waals surface area contributed by atoms with Gasteiger partial charge in [0.15, 0.2) is 17.5 Å². The van der Waals surface area contributed by atoms with Gasteiger partial charge >= 0.3 is 0 Å². The van der Waals surface area contributed by atoms with Crippen LogP contribution < -0.4 is 0 Å². The number of thiophene rings is 1. The number of aromatic nitrogens is 3. The van der Waals surface area contributed by atoms with Crippen molar-refractivity contribution < 1.29 is 0 Å². The van der Waals surface area contributed by atoms with Crippen LogP contribution in [0.4, 0.5) is 0 Å². The molecule has 0 aliphatic heterocycles. The third-order valence-electron chi connectivity index (χ3n) is 12.2. The molecule has 0 saturated carbocycles. The van der Waals surface area contributed by atoms with Gasteiger partial charge in [0.05, 0.1) is 5.41 Å². The summed E-state index contributed by atoms with van der Waals surface area (Å²) in [5.41, 5.74) is 12.4. The summed E-state index contributed by atoms with van der Waals surface area (Å²) in [4.78, 5) is 15.6. The van der Waals surface area contributed by atoms with Crippen LogP contribution >= 0.6 is 11.3 Å². The number of rotatable bonds is 6. The van der Waals surface area contributed by atoms with Crippen molar-refractivity contribution in [3.05, 3.63) is 235 Å². The van der Waals surface area contributed by atoms with E-state index in [4.69, 9.17) is 15.0 Å². The molecule has 1 aliphatic carbocycles. The average molecular weight is 782 g/mol. The summed E-state index contributed by atoms with van der Waals surface area (Å²) in [5, 5.41) is 4.71. The molecule has 0 amide bonds. The Kier molecular flexibility index (Phi) is 7.94. The molecule has 0 N–H and O–H groups in total. The lowest BCUT2D eigenvalue weighted by Crippen LogP contribution is -2.28. The Hall–Kier alpha value is -7.53. The summed E-state index contributed by atoms with van der Waals surface area (Å²) in [7, 11) is 0. The van der Waals surface area contributed by atoms with Gasteiger partial charge in [0.1, 0.15) is 0 Å². The molecule has 0 atom stereocenters. The maximum absolute atomic E-state index is 5.28. The monoisotopic (exact) mass is 781 g/mol. The largest absolute Gasteiger partial charge is 0.208 e. The Morgan fingerprint density at radius 1 is 0.350 bits per heavy atom. The lowest BCUT2D eigenvalue weighted by atomic mass is 9.67. The summed E-state index contributed by atoms with van der Waals surface area (Å²) in [6.07, 6.45) is 0. The minimum atomic E-state index is -0.460. The number of benzene rings is 9. The van der Waals surface area contributed by atoms with Gasteiger partial charge in [-0.25, -0.2) is 15.0 Å². The Balaban J connectivity index is 1.11. The van der Waals surface area contributed by atoms with E-state index < -0.39 is 5.41 Å². The molecule has 280 valence electrons. The van der Waals surface area contributed by atoms with E-state index in [1.54, 1.807) is 0 Å². The second-order valence-electron chi connectivity index (χ2n) is 15.4. The summed E-state index contributed by atoms with van der Waals surface area (Å²) in [6.45, 7) is 0. The summed E-state index contributed by atoms with van der Waals surface area (Å²) in [6, 6.07) is 76.4. The molecule has 2 heterocycles. The Morgan fingerprint density at radius 2 is 0.917 bits per heavy atom. The first-order valence-corrected chi connectivity index (χ1v) is 21.2.